The van der Waals surface area contributed by atoms with E-state index in [0.717, 1.165) is 40.0 Å². The number of benzene rings is 1. The minimum absolute atomic E-state index is 0.123. The highest BCUT2D eigenvalue weighted by atomic mass is 32.2. The van der Waals surface area contributed by atoms with Gasteiger partial charge in [-0.1, -0.05) is 26.0 Å². The van der Waals surface area contributed by atoms with E-state index in [4.69, 9.17) is 0 Å². The van der Waals surface area contributed by atoms with Gasteiger partial charge in [0.1, 0.15) is 4.90 Å². The zero-order chi connectivity index (χ0) is 24.6. The first-order valence-electron chi connectivity index (χ1n) is 12.1. The molecule has 1 saturated heterocycles. The summed E-state index contributed by atoms with van der Waals surface area (Å²) in [6.45, 7) is 7.27. The lowest BCUT2D eigenvalue weighted by atomic mass is 9.60. The van der Waals surface area contributed by atoms with E-state index in [1.54, 1.807) is 22.6 Å². The molecule has 1 aromatic heterocycles. The zero-order valence-corrected chi connectivity index (χ0v) is 21.1. The number of carbonyl (C=O) groups is 1. The van der Waals surface area contributed by atoms with Crippen molar-refractivity contribution < 1.29 is 13.2 Å². The molecule has 4 heterocycles. The highest BCUT2D eigenvalue weighted by Gasteiger charge is 2.53. The first-order chi connectivity index (χ1) is 16.6. The van der Waals surface area contributed by atoms with E-state index in [0.29, 0.717) is 44.4 Å². The van der Waals surface area contributed by atoms with Crippen molar-refractivity contribution in [3.63, 3.8) is 0 Å². The lowest BCUT2D eigenvalue weighted by Gasteiger charge is -2.48. The molecule has 1 aromatic carbocycles. The maximum Gasteiger partial charge on any atom is 0.245 e. The number of piperidine rings is 1. The maximum atomic E-state index is 13.8. The van der Waals surface area contributed by atoms with Gasteiger partial charge in [-0.15, -0.1) is 5.11 Å². The molecule has 0 saturated carbocycles. The summed E-state index contributed by atoms with van der Waals surface area (Å²) in [7, 11) is -3.75. The fourth-order valence-electron chi connectivity index (χ4n) is 6.32. The highest BCUT2D eigenvalue weighted by Crippen LogP contribution is 2.55. The fourth-order valence-corrected chi connectivity index (χ4v) is 7.92. The number of aryl methyl sites for hydroxylation is 1. The normalized spacial score (nSPS) is 23.6. The third-order valence-electron chi connectivity index (χ3n) is 7.89. The molecule has 4 aliphatic rings. The van der Waals surface area contributed by atoms with E-state index < -0.39 is 15.4 Å². The number of Topliss-reactive ketones (excluding diaryl/α,β-unsaturated/α-hetero) is 1. The third kappa shape index (κ3) is 3.39. The summed E-state index contributed by atoms with van der Waals surface area (Å²) in [5, 5.41) is 12.8. The van der Waals surface area contributed by atoms with Gasteiger partial charge in [0.25, 0.3) is 0 Å². The van der Waals surface area contributed by atoms with Crippen LogP contribution in [-0.2, 0) is 14.8 Å². The number of allylic oxidation sites excluding steroid dienone is 2. The van der Waals surface area contributed by atoms with Gasteiger partial charge in [0.15, 0.2) is 11.6 Å². The average Bonchev–Trinajstić information content (AvgIpc) is 3.27. The average molecular weight is 492 g/mol. The summed E-state index contributed by atoms with van der Waals surface area (Å²) in [4.78, 5) is 18.1. The molecule has 1 fully saturated rings. The summed E-state index contributed by atoms with van der Waals surface area (Å²) in [6.07, 6.45) is 4.05. The van der Waals surface area contributed by atoms with Gasteiger partial charge in [-0.05, 0) is 49.3 Å². The van der Waals surface area contributed by atoms with Crippen LogP contribution in [0.1, 0.15) is 45.1 Å². The molecule has 1 spiro atoms. The Hall–Kier alpha value is -2.91. The van der Waals surface area contributed by atoms with Crippen LogP contribution >= 0.6 is 0 Å². The number of nitrogens with zero attached hydrogens (tertiary/aromatic N) is 4. The Bertz CT molecular complexity index is 1480. The van der Waals surface area contributed by atoms with Gasteiger partial charge < -0.3 is 5.32 Å². The van der Waals surface area contributed by atoms with Crippen LogP contribution in [0.4, 0.5) is 0 Å². The van der Waals surface area contributed by atoms with Crippen molar-refractivity contribution in [2.75, 3.05) is 19.6 Å². The lowest BCUT2D eigenvalue weighted by Crippen LogP contribution is -2.50. The summed E-state index contributed by atoms with van der Waals surface area (Å²) < 4.78 is 29.1. The smallest absolute Gasteiger partial charge is 0.245 e. The topological polar surface area (TPSA) is 104 Å². The molecular formula is C26H29N5O3S. The van der Waals surface area contributed by atoms with Crippen LogP contribution in [0, 0.1) is 17.8 Å². The molecule has 8 nitrogen and oxygen atoms in total. The SMILES string of the molecule is Cc1cnc2c(S(=O)(=O)N3CCC4(CC3)C3=C(N=NC3)NC3=C4C(=O)CC(C)(C)C3)cccc2c1. The van der Waals surface area contributed by atoms with Crippen molar-refractivity contribution in [2.24, 2.45) is 21.1 Å². The Morgan fingerprint density at radius 1 is 1.11 bits per heavy atom. The number of hydrogen-bond acceptors (Lipinski definition) is 7. The molecular weight excluding hydrogens is 462 g/mol. The summed E-state index contributed by atoms with van der Waals surface area (Å²) >= 11 is 0. The van der Waals surface area contributed by atoms with E-state index in [9.17, 15) is 13.2 Å². The molecule has 2 aromatic rings. The van der Waals surface area contributed by atoms with Gasteiger partial charge in [-0.3, -0.25) is 9.78 Å². The fraction of sp³-hybridized carbons (Fsp3) is 0.462. The number of sulfonamides is 1. The molecule has 3 aliphatic heterocycles. The third-order valence-corrected chi connectivity index (χ3v) is 9.82. The second-order valence-electron chi connectivity index (χ2n) is 11.0. The van der Waals surface area contributed by atoms with Gasteiger partial charge in [0.05, 0.1) is 12.1 Å². The predicted molar refractivity (Wildman–Crippen MR) is 132 cm³/mol. The number of rotatable bonds is 2. The number of nitrogens with one attached hydrogen (secondary N) is 1. The Balaban J connectivity index is 1.36. The standard InChI is InChI=1S/C26H29N5O3S/c1-16-11-17-5-4-6-21(23(17)27-14-16)35(33,34)31-9-7-26(8-10-31)18-15-28-30-24(18)29-19-12-25(2,3)13-20(32)22(19)26/h4-6,11,14,29H,7-10,12-13,15H2,1-3H3. The Kier molecular flexibility index (Phi) is 4.86. The van der Waals surface area contributed by atoms with Gasteiger partial charge in [-0.2, -0.15) is 9.42 Å². The molecule has 1 N–H and O–H groups in total. The first kappa shape index (κ1) is 22.5. The molecule has 9 heteroatoms. The van der Waals surface area contributed by atoms with Crippen LogP contribution in [0.25, 0.3) is 10.9 Å². The Morgan fingerprint density at radius 3 is 2.66 bits per heavy atom. The summed E-state index contributed by atoms with van der Waals surface area (Å²) in [6, 6.07) is 7.25. The number of hydrogen-bond donors (Lipinski definition) is 1. The molecule has 0 radical (unpaired) electrons. The minimum atomic E-state index is -3.75. The van der Waals surface area contributed by atoms with Crippen LogP contribution in [0.15, 0.2) is 68.3 Å². The van der Waals surface area contributed by atoms with E-state index in [2.05, 4.69) is 34.4 Å². The van der Waals surface area contributed by atoms with E-state index in [-0.39, 0.29) is 16.1 Å². The monoisotopic (exact) mass is 491 g/mol. The highest BCUT2D eigenvalue weighted by molar-refractivity contribution is 7.89. The number of fused-ring (bicyclic) bond motifs is 3. The van der Waals surface area contributed by atoms with Crippen molar-refractivity contribution in [1.29, 1.82) is 0 Å². The Labute approximate surface area is 205 Å². The number of azo groups is 1. The van der Waals surface area contributed by atoms with Crippen molar-refractivity contribution in [3.05, 3.63) is 58.7 Å². The minimum Gasteiger partial charge on any atom is -0.342 e. The van der Waals surface area contributed by atoms with Gasteiger partial charge in [0.2, 0.25) is 10.0 Å². The Morgan fingerprint density at radius 2 is 1.89 bits per heavy atom. The number of aromatic nitrogens is 1. The number of para-hydroxylation sites is 1. The van der Waals surface area contributed by atoms with Gasteiger partial charge in [0, 0.05) is 53.4 Å². The molecule has 6 rings (SSSR count). The van der Waals surface area contributed by atoms with Crippen LogP contribution < -0.4 is 5.32 Å². The number of pyridine rings is 1. The number of dihydropyridines is 1. The summed E-state index contributed by atoms with van der Waals surface area (Å²) in [5.74, 6) is 0.909. The molecule has 0 amide bonds. The zero-order valence-electron chi connectivity index (χ0n) is 20.3. The second kappa shape index (κ2) is 7.54. The largest absolute Gasteiger partial charge is 0.342 e. The summed E-state index contributed by atoms with van der Waals surface area (Å²) in [5.41, 5.74) is 3.66. The van der Waals surface area contributed by atoms with Crippen molar-refractivity contribution in [1.82, 2.24) is 14.6 Å². The second-order valence-corrected chi connectivity index (χ2v) is 12.9. The molecule has 0 unspecified atom stereocenters. The van der Waals surface area contributed by atoms with Gasteiger partial charge in [-0.25, -0.2) is 8.42 Å². The van der Waals surface area contributed by atoms with Gasteiger partial charge >= 0.3 is 0 Å². The molecule has 35 heavy (non-hydrogen) atoms. The van der Waals surface area contributed by atoms with Crippen molar-refractivity contribution >= 4 is 26.7 Å². The van der Waals surface area contributed by atoms with E-state index in [1.807, 2.05) is 19.1 Å². The van der Waals surface area contributed by atoms with Crippen LogP contribution in [0.2, 0.25) is 0 Å². The van der Waals surface area contributed by atoms with Crippen molar-refractivity contribution in [3.8, 4) is 0 Å². The molecule has 0 bridgehead atoms. The first-order valence-corrected chi connectivity index (χ1v) is 13.6. The van der Waals surface area contributed by atoms with Crippen molar-refractivity contribution in [2.45, 2.75) is 51.3 Å². The van der Waals surface area contributed by atoms with E-state index in [1.165, 1.54) is 0 Å². The maximum absolute atomic E-state index is 13.8. The number of ketones is 1. The molecule has 0 atom stereocenters. The van der Waals surface area contributed by atoms with Crippen LogP contribution in [0.3, 0.4) is 0 Å². The number of carbonyl (C=O) groups excluding carboxylic acids is 1. The molecule has 1 aliphatic carbocycles. The van der Waals surface area contributed by atoms with E-state index >= 15 is 0 Å². The predicted octanol–water partition coefficient (Wildman–Crippen LogP) is 4.24. The van der Waals surface area contributed by atoms with Crippen LogP contribution in [0.5, 0.6) is 0 Å². The van der Waals surface area contributed by atoms with Crippen LogP contribution in [-0.4, -0.2) is 43.1 Å². The lowest BCUT2D eigenvalue weighted by molar-refractivity contribution is -0.119. The molecule has 182 valence electrons. The quantitative estimate of drug-likeness (QED) is 0.677.